The monoisotopic (exact) mass is 489 g/mol. The molecule has 0 radical (unpaired) electrons. The highest BCUT2D eigenvalue weighted by Crippen LogP contribution is 2.25. The van der Waals surface area contributed by atoms with Gasteiger partial charge in [-0.15, -0.1) is 0 Å². The SMILES string of the molecule is Cc1nc(Oc2ccc(CC(C)(C)NC[C@H](O)COc3cccc4[nH]ccc34)cc2)ccc1C(=O)O. The number of hydrogen-bond donors (Lipinski definition) is 4. The normalized spacial score (nSPS) is 12.4. The van der Waals surface area contributed by atoms with Gasteiger partial charge in [0.25, 0.3) is 0 Å². The fourth-order valence-electron chi connectivity index (χ4n) is 4.01. The van der Waals surface area contributed by atoms with E-state index in [1.165, 1.54) is 6.07 Å². The van der Waals surface area contributed by atoms with Gasteiger partial charge in [-0.05, 0) is 69.2 Å². The van der Waals surface area contributed by atoms with E-state index in [-0.39, 0.29) is 17.7 Å². The van der Waals surface area contributed by atoms with Gasteiger partial charge in [-0.2, -0.15) is 0 Å². The predicted octanol–water partition coefficient (Wildman–Crippen LogP) is 4.71. The van der Waals surface area contributed by atoms with Gasteiger partial charge < -0.3 is 30.0 Å². The number of benzene rings is 2. The molecule has 0 aliphatic rings. The molecule has 0 aliphatic heterocycles. The van der Waals surface area contributed by atoms with E-state index in [4.69, 9.17) is 14.6 Å². The number of nitrogens with one attached hydrogen (secondary N) is 2. The summed E-state index contributed by atoms with van der Waals surface area (Å²) in [6.07, 6.45) is 1.96. The van der Waals surface area contributed by atoms with Gasteiger partial charge in [0.15, 0.2) is 0 Å². The zero-order valence-corrected chi connectivity index (χ0v) is 20.6. The topological polar surface area (TPSA) is 117 Å². The average molecular weight is 490 g/mol. The molecule has 1 atom stereocenters. The fraction of sp³-hybridized carbons (Fsp3) is 0.286. The summed E-state index contributed by atoms with van der Waals surface area (Å²) in [5.41, 5.74) is 2.41. The Hall–Kier alpha value is -3.88. The predicted molar refractivity (Wildman–Crippen MR) is 138 cm³/mol. The molecule has 4 rings (SSSR count). The molecule has 188 valence electrons. The number of H-pyrrole nitrogens is 1. The molecule has 36 heavy (non-hydrogen) atoms. The molecule has 0 unspecified atom stereocenters. The molecular formula is C28H31N3O5. The van der Waals surface area contributed by atoms with Crippen LogP contribution in [-0.2, 0) is 6.42 Å². The lowest BCUT2D eigenvalue weighted by Crippen LogP contribution is -2.46. The number of fused-ring (bicyclic) bond motifs is 1. The first-order valence-corrected chi connectivity index (χ1v) is 11.8. The molecule has 0 fully saturated rings. The minimum atomic E-state index is -1.01. The van der Waals surface area contributed by atoms with Crippen LogP contribution in [0.25, 0.3) is 10.9 Å². The molecule has 2 aromatic heterocycles. The Labute approximate surface area is 209 Å². The number of carbonyl (C=O) groups is 1. The second-order valence-electron chi connectivity index (χ2n) is 9.44. The number of aliphatic hydroxyl groups is 1. The second kappa shape index (κ2) is 10.8. The quantitative estimate of drug-likeness (QED) is 0.241. The van der Waals surface area contributed by atoms with Crippen molar-refractivity contribution in [1.29, 1.82) is 0 Å². The standard InChI is InChI=1S/C28H31N3O5/c1-18-22(27(33)34)11-12-26(31-18)36-21-9-7-19(8-10-21)15-28(2,3)30-16-20(32)17-35-25-6-4-5-24-23(25)13-14-29-24/h4-14,20,29-30,32H,15-17H2,1-3H3,(H,33,34)/t20-/m0/s1. The number of nitrogens with zero attached hydrogens (tertiary/aromatic N) is 1. The largest absolute Gasteiger partial charge is 0.490 e. The average Bonchev–Trinajstić information content (AvgIpc) is 3.32. The van der Waals surface area contributed by atoms with E-state index in [1.54, 1.807) is 13.0 Å². The molecule has 2 aromatic carbocycles. The van der Waals surface area contributed by atoms with Crippen molar-refractivity contribution in [2.24, 2.45) is 0 Å². The third-order valence-corrected chi connectivity index (χ3v) is 5.88. The molecule has 4 N–H and O–H groups in total. The third-order valence-electron chi connectivity index (χ3n) is 5.88. The van der Waals surface area contributed by atoms with Crippen molar-refractivity contribution in [2.45, 2.75) is 38.8 Å². The first kappa shape index (κ1) is 25.2. The van der Waals surface area contributed by atoms with Crippen molar-refractivity contribution in [3.63, 3.8) is 0 Å². The number of aromatic carboxylic acids is 1. The summed E-state index contributed by atoms with van der Waals surface area (Å²) in [6, 6.07) is 18.5. The Kier molecular flexibility index (Phi) is 7.57. The van der Waals surface area contributed by atoms with Crippen LogP contribution in [0.2, 0.25) is 0 Å². The minimum Gasteiger partial charge on any atom is -0.490 e. The molecule has 8 nitrogen and oxygen atoms in total. The molecule has 0 bridgehead atoms. The third kappa shape index (κ3) is 6.41. The van der Waals surface area contributed by atoms with Crippen LogP contribution in [0, 0.1) is 6.92 Å². The van der Waals surface area contributed by atoms with Crippen LogP contribution in [0.15, 0.2) is 66.9 Å². The zero-order chi connectivity index (χ0) is 25.7. The fourth-order valence-corrected chi connectivity index (χ4v) is 4.01. The van der Waals surface area contributed by atoms with Gasteiger partial charge in [0.05, 0.1) is 11.3 Å². The Bertz CT molecular complexity index is 1330. The number of β-amino-alcohol motifs (C(OH)–C–C–N with tert-alkyl or cyclic N) is 1. The van der Waals surface area contributed by atoms with Gasteiger partial charge in [-0.3, -0.25) is 0 Å². The highest BCUT2D eigenvalue weighted by atomic mass is 16.5. The maximum absolute atomic E-state index is 11.1. The summed E-state index contributed by atoms with van der Waals surface area (Å²) in [7, 11) is 0. The van der Waals surface area contributed by atoms with E-state index in [9.17, 15) is 9.90 Å². The van der Waals surface area contributed by atoms with Gasteiger partial charge in [-0.1, -0.05) is 18.2 Å². The maximum atomic E-state index is 11.1. The number of pyridine rings is 1. The van der Waals surface area contributed by atoms with Crippen molar-refractivity contribution in [2.75, 3.05) is 13.2 Å². The van der Waals surface area contributed by atoms with Gasteiger partial charge in [0, 0.05) is 35.2 Å². The summed E-state index contributed by atoms with van der Waals surface area (Å²) in [6.45, 7) is 6.40. The summed E-state index contributed by atoms with van der Waals surface area (Å²) in [4.78, 5) is 18.5. The van der Waals surface area contributed by atoms with Crippen molar-refractivity contribution in [3.05, 3.63) is 83.7 Å². The van der Waals surface area contributed by atoms with Crippen LogP contribution >= 0.6 is 0 Å². The lowest BCUT2D eigenvalue weighted by atomic mass is 9.94. The first-order valence-electron chi connectivity index (χ1n) is 11.8. The van der Waals surface area contributed by atoms with E-state index < -0.39 is 12.1 Å². The lowest BCUT2D eigenvalue weighted by molar-refractivity contribution is 0.0695. The molecule has 0 amide bonds. The molecule has 0 saturated carbocycles. The van der Waals surface area contributed by atoms with Crippen molar-refractivity contribution >= 4 is 16.9 Å². The number of carboxylic acids is 1. The lowest BCUT2D eigenvalue weighted by Gasteiger charge is -2.28. The molecule has 4 aromatic rings. The van der Waals surface area contributed by atoms with E-state index in [0.717, 1.165) is 28.6 Å². The number of ether oxygens (including phenoxy) is 2. The summed E-state index contributed by atoms with van der Waals surface area (Å²) in [5, 5.41) is 24.0. The summed E-state index contributed by atoms with van der Waals surface area (Å²) >= 11 is 0. The van der Waals surface area contributed by atoms with Gasteiger partial charge in [0.1, 0.15) is 24.2 Å². The Balaban J connectivity index is 1.26. The first-order chi connectivity index (χ1) is 17.2. The van der Waals surface area contributed by atoms with Crippen LogP contribution < -0.4 is 14.8 Å². The van der Waals surface area contributed by atoms with E-state index >= 15 is 0 Å². The molecule has 2 heterocycles. The van der Waals surface area contributed by atoms with Gasteiger partial charge >= 0.3 is 5.97 Å². The van der Waals surface area contributed by atoms with Crippen LogP contribution in [0.5, 0.6) is 17.4 Å². The molecule has 0 saturated heterocycles. The molecular weight excluding hydrogens is 458 g/mol. The van der Waals surface area contributed by atoms with Crippen molar-refractivity contribution in [1.82, 2.24) is 15.3 Å². The van der Waals surface area contributed by atoms with E-state index in [1.807, 2.05) is 54.7 Å². The smallest absolute Gasteiger partial charge is 0.337 e. The maximum Gasteiger partial charge on any atom is 0.337 e. The molecule has 8 heteroatoms. The number of aryl methyl sites for hydroxylation is 1. The number of aromatic nitrogens is 2. The summed E-state index contributed by atoms with van der Waals surface area (Å²) in [5.74, 6) is 0.694. The molecule has 0 aliphatic carbocycles. The number of carboxylic acid groups (broad SMARTS) is 1. The Morgan fingerprint density at radius 3 is 2.61 bits per heavy atom. The van der Waals surface area contributed by atoms with Gasteiger partial charge in [0.2, 0.25) is 5.88 Å². The number of rotatable bonds is 11. The number of aliphatic hydroxyl groups excluding tert-OH is 1. The number of hydrogen-bond acceptors (Lipinski definition) is 6. The highest BCUT2D eigenvalue weighted by molar-refractivity contribution is 5.88. The van der Waals surface area contributed by atoms with Crippen molar-refractivity contribution in [3.8, 4) is 17.4 Å². The Morgan fingerprint density at radius 2 is 1.89 bits per heavy atom. The second-order valence-corrected chi connectivity index (χ2v) is 9.44. The van der Waals surface area contributed by atoms with Crippen molar-refractivity contribution < 1.29 is 24.5 Å². The Morgan fingerprint density at radius 1 is 1.11 bits per heavy atom. The van der Waals surface area contributed by atoms with Crippen LogP contribution in [0.3, 0.4) is 0 Å². The van der Waals surface area contributed by atoms with Gasteiger partial charge in [-0.25, -0.2) is 9.78 Å². The van der Waals surface area contributed by atoms with Crippen LogP contribution in [-0.4, -0.2) is 50.9 Å². The minimum absolute atomic E-state index is 0.155. The summed E-state index contributed by atoms with van der Waals surface area (Å²) < 4.78 is 11.6. The zero-order valence-electron chi connectivity index (χ0n) is 20.6. The van der Waals surface area contributed by atoms with Crippen LogP contribution in [0.1, 0.15) is 35.5 Å². The number of aromatic amines is 1. The van der Waals surface area contributed by atoms with E-state index in [2.05, 4.69) is 29.1 Å². The molecule has 0 spiro atoms. The van der Waals surface area contributed by atoms with E-state index in [0.29, 0.717) is 23.9 Å². The van der Waals surface area contributed by atoms with Crippen LogP contribution in [0.4, 0.5) is 0 Å². The highest BCUT2D eigenvalue weighted by Gasteiger charge is 2.20.